The van der Waals surface area contributed by atoms with Crippen molar-refractivity contribution in [2.45, 2.75) is 6.42 Å². The lowest BCUT2D eigenvalue weighted by atomic mass is 9.94. The molecular weight excluding hydrogens is 218 g/mol. The lowest BCUT2D eigenvalue weighted by Crippen LogP contribution is -2.08. The molecule has 2 aliphatic rings. The lowest BCUT2D eigenvalue weighted by molar-refractivity contribution is 0.419. The van der Waals surface area contributed by atoms with Crippen molar-refractivity contribution >= 4 is 22.1 Å². The van der Waals surface area contributed by atoms with Crippen LogP contribution in [-0.4, -0.2) is 11.3 Å². The van der Waals surface area contributed by atoms with Crippen LogP contribution < -0.4 is 0 Å². The first-order chi connectivity index (χ1) is 5.79. The number of hydrogen-bond donors (Lipinski definition) is 1. The van der Waals surface area contributed by atoms with Gasteiger partial charge in [-0.15, -0.1) is 0 Å². The molecule has 0 saturated heterocycles. The van der Waals surface area contributed by atoms with Crippen molar-refractivity contribution in [3.05, 3.63) is 34.2 Å². The summed E-state index contributed by atoms with van der Waals surface area (Å²) in [6, 6.07) is 0. The van der Waals surface area contributed by atoms with Crippen LogP contribution in [0.25, 0.3) is 0 Å². The van der Waals surface area contributed by atoms with Gasteiger partial charge in [-0.25, -0.2) is 0 Å². The largest absolute Gasteiger partial charge is 0.507 e. The number of fused-ring (bicyclic) bond motifs is 1. The molecule has 1 unspecified atom stereocenters. The number of nitrogens with zero attached hydrogens (tertiary/aromatic N) is 1. The zero-order valence-corrected chi connectivity index (χ0v) is 7.95. The highest BCUT2D eigenvalue weighted by Gasteiger charge is 2.21. The fourth-order valence-corrected chi connectivity index (χ4v) is 1.92. The molecule has 3 heteroatoms. The van der Waals surface area contributed by atoms with Crippen molar-refractivity contribution in [1.29, 1.82) is 0 Å². The fraction of sp³-hybridized carbons (Fsp3) is 0.222. The number of hydrogen-bond acceptors (Lipinski definition) is 2. The van der Waals surface area contributed by atoms with Crippen LogP contribution in [0.3, 0.4) is 0 Å². The normalized spacial score (nSPS) is 27.1. The van der Waals surface area contributed by atoms with E-state index in [0.29, 0.717) is 11.7 Å². The van der Waals surface area contributed by atoms with E-state index >= 15 is 0 Å². The van der Waals surface area contributed by atoms with Gasteiger partial charge in [0.05, 0.1) is 10.2 Å². The van der Waals surface area contributed by atoms with Gasteiger partial charge in [0.15, 0.2) is 0 Å². The number of halogens is 1. The summed E-state index contributed by atoms with van der Waals surface area (Å²) in [5.74, 6) is 0.633. The standard InChI is InChI=1S/C9H8BrNO/c10-8-7(12)4-3-6-2-1-5-11-9(6)8/h1-2,4-6,12H,3H2. The smallest absolute Gasteiger partial charge is 0.127 e. The maximum absolute atomic E-state index is 9.37. The Hall–Kier alpha value is -0.830. The van der Waals surface area contributed by atoms with E-state index in [4.69, 9.17) is 0 Å². The molecule has 62 valence electrons. The van der Waals surface area contributed by atoms with E-state index in [1.165, 1.54) is 0 Å². The molecule has 1 heterocycles. The van der Waals surface area contributed by atoms with Gasteiger partial charge in [-0.3, -0.25) is 4.99 Å². The van der Waals surface area contributed by atoms with E-state index in [1.54, 1.807) is 6.21 Å². The van der Waals surface area contributed by atoms with E-state index in [1.807, 2.05) is 12.2 Å². The van der Waals surface area contributed by atoms with Gasteiger partial charge in [-0.2, -0.15) is 0 Å². The number of aliphatic hydroxyl groups excluding tert-OH is 1. The average Bonchev–Trinajstić information content (AvgIpc) is 2.12. The molecule has 2 nitrogen and oxygen atoms in total. The van der Waals surface area contributed by atoms with Crippen LogP contribution in [0.15, 0.2) is 39.2 Å². The lowest BCUT2D eigenvalue weighted by Gasteiger charge is -2.20. The third-order valence-electron chi connectivity index (χ3n) is 2.01. The van der Waals surface area contributed by atoms with Crippen LogP contribution in [0.1, 0.15) is 6.42 Å². The number of dihydropyridines is 1. The molecule has 0 aromatic rings. The van der Waals surface area contributed by atoms with E-state index < -0.39 is 0 Å². The zero-order chi connectivity index (χ0) is 8.55. The van der Waals surface area contributed by atoms with Crippen molar-refractivity contribution in [2.75, 3.05) is 0 Å². The minimum atomic E-state index is 0.300. The third kappa shape index (κ3) is 1.14. The second kappa shape index (κ2) is 2.90. The van der Waals surface area contributed by atoms with E-state index in [9.17, 15) is 5.11 Å². The minimum Gasteiger partial charge on any atom is -0.507 e. The molecule has 0 spiro atoms. The van der Waals surface area contributed by atoms with E-state index in [0.717, 1.165) is 16.6 Å². The highest BCUT2D eigenvalue weighted by molar-refractivity contribution is 9.12. The van der Waals surface area contributed by atoms with Crippen LogP contribution >= 0.6 is 15.9 Å². The van der Waals surface area contributed by atoms with Gasteiger partial charge in [0.2, 0.25) is 0 Å². The molecule has 0 saturated carbocycles. The van der Waals surface area contributed by atoms with Crippen molar-refractivity contribution in [1.82, 2.24) is 0 Å². The van der Waals surface area contributed by atoms with Gasteiger partial charge >= 0.3 is 0 Å². The summed E-state index contributed by atoms with van der Waals surface area (Å²) in [5, 5.41) is 9.37. The predicted molar refractivity (Wildman–Crippen MR) is 52.4 cm³/mol. The van der Waals surface area contributed by atoms with Crippen LogP contribution in [0.2, 0.25) is 0 Å². The van der Waals surface area contributed by atoms with Crippen LogP contribution in [-0.2, 0) is 0 Å². The Morgan fingerprint density at radius 1 is 1.58 bits per heavy atom. The highest BCUT2D eigenvalue weighted by atomic mass is 79.9. The second-order valence-electron chi connectivity index (χ2n) is 2.79. The Morgan fingerprint density at radius 3 is 3.25 bits per heavy atom. The summed E-state index contributed by atoms with van der Waals surface area (Å²) >= 11 is 3.31. The monoisotopic (exact) mass is 225 g/mol. The molecule has 0 aromatic heterocycles. The van der Waals surface area contributed by atoms with Gasteiger partial charge in [0.1, 0.15) is 5.76 Å². The summed E-state index contributed by atoms with van der Waals surface area (Å²) in [4.78, 5) is 4.20. The number of aliphatic imine (C=N–C) groups is 1. The first-order valence-corrected chi connectivity index (χ1v) is 4.58. The topological polar surface area (TPSA) is 32.6 Å². The SMILES string of the molecule is OC1=CCC2C=CC=NC2=C1Br. The number of allylic oxidation sites excluding steroid dienone is 4. The third-order valence-corrected chi connectivity index (χ3v) is 2.82. The van der Waals surface area contributed by atoms with Crippen molar-refractivity contribution in [2.24, 2.45) is 10.9 Å². The van der Waals surface area contributed by atoms with Crippen molar-refractivity contribution in [3.8, 4) is 0 Å². The molecule has 0 radical (unpaired) electrons. The Labute approximate surface area is 79.1 Å². The van der Waals surface area contributed by atoms with Crippen molar-refractivity contribution in [3.63, 3.8) is 0 Å². The fourth-order valence-electron chi connectivity index (χ4n) is 1.36. The quantitative estimate of drug-likeness (QED) is 0.676. The molecule has 0 aromatic carbocycles. The minimum absolute atomic E-state index is 0.300. The molecule has 0 amide bonds. The molecule has 2 rings (SSSR count). The van der Waals surface area contributed by atoms with Crippen LogP contribution in [0, 0.1) is 5.92 Å². The molecule has 1 atom stereocenters. The Morgan fingerprint density at radius 2 is 2.42 bits per heavy atom. The van der Waals surface area contributed by atoms with Gasteiger partial charge in [-0.05, 0) is 34.5 Å². The van der Waals surface area contributed by atoms with Crippen LogP contribution in [0.4, 0.5) is 0 Å². The molecular formula is C9H8BrNO. The summed E-state index contributed by atoms with van der Waals surface area (Å²) in [5.41, 5.74) is 0.928. The Bertz CT molecular complexity index is 325. The first kappa shape index (κ1) is 7.80. The summed E-state index contributed by atoms with van der Waals surface area (Å²) in [6.07, 6.45) is 8.41. The van der Waals surface area contributed by atoms with Gasteiger partial charge in [0, 0.05) is 12.1 Å². The first-order valence-electron chi connectivity index (χ1n) is 3.79. The molecule has 0 bridgehead atoms. The number of aliphatic hydroxyl groups is 1. The van der Waals surface area contributed by atoms with Gasteiger partial charge in [-0.1, -0.05) is 6.08 Å². The van der Waals surface area contributed by atoms with Crippen LogP contribution in [0.5, 0.6) is 0 Å². The maximum atomic E-state index is 9.37. The van der Waals surface area contributed by atoms with Gasteiger partial charge < -0.3 is 5.11 Å². The predicted octanol–water partition coefficient (Wildman–Crippen LogP) is 2.70. The van der Waals surface area contributed by atoms with Crippen molar-refractivity contribution < 1.29 is 5.11 Å². The Kier molecular flexibility index (Phi) is 1.89. The summed E-state index contributed by atoms with van der Waals surface area (Å²) < 4.78 is 0.722. The average molecular weight is 226 g/mol. The number of rotatable bonds is 0. The molecule has 12 heavy (non-hydrogen) atoms. The maximum Gasteiger partial charge on any atom is 0.127 e. The molecule has 1 N–H and O–H groups in total. The summed E-state index contributed by atoms with van der Waals surface area (Å²) in [7, 11) is 0. The Balaban J connectivity index is 2.45. The van der Waals surface area contributed by atoms with E-state index in [-0.39, 0.29) is 0 Å². The molecule has 1 aliphatic heterocycles. The molecule has 0 fully saturated rings. The van der Waals surface area contributed by atoms with Gasteiger partial charge in [0.25, 0.3) is 0 Å². The second-order valence-corrected chi connectivity index (χ2v) is 3.59. The summed E-state index contributed by atoms with van der Waals surface area (Å²) in [6.45, 7) is 0. The zero-order valence-electron chi connectivity index (χ0n) is 6.37. The van der Waals surface area contributed by atoms with E-state index in [2.05, 4.69) is 27.0 Å². The molecule has 1 aliphatic carbocycles. The highest BCUT2D eigenvalue weighted by Crippen LogP contribution is 2.34.